The van der Waals surface area contributed by atoms with Crippen LogP contribution in [0.1, 0.15) is 46.2 Å². The number of ketones is 1. The highest BCUT2D eigenvalue weighted by molar-refractivity contribution is 7.99. The predicted octanol–water partition coefficient (Wildman–Crippen LogP) is 1.66. The van der Waals surface area contributed by atoms with Crippen molar-refractivity contribution in [3.8, 4) is 5.75 Å². The number of carbonyl (C=O) groups is 4. The van der Waals surface area contributed by atoms with Crippen LogP contribution < -0.4 is 21.1 Å². The largest absolute Gasteiger partial charge is 0.482 e. The van der Waals surface area contributed by atoms with Crippen LogP contribution in [0.4, 0.5) is 0 Å². The summed E-state index contributed by atoms with van der Waals surface area (Å²) in [6.45, 7) is 8.63. The highest BCUT2D eigenvalue weighted by atomic mass is 32.2. The average molecular weight is 600 g/mol. The van der Waals surface area contributed by atoms with E-state index in [2.05, 4.69) is 15.6 Å². The fourth-order valence-corrected chi connectivity index (χ4v) is 5.80. The number of rotatable bonds is 12. The molecule has 0 radical (unpaired) electrons. The van der Waals surface area contributed by atoms with Crippen molar-refractivity contribution in [2.24, 2.45) is 17.6 Å². The van der Waals surface area contributed by atoms with Crippen molar-refractivity contribution < 1.29 is 29.0 Å². The Balaban J connectivity index is 1.86. The molecule has 5 N–H and O–H groups in total. The van der Waals surface area contributed by atoms with Crippen LogP contribution in [0, 0.1) is 11.8 Å². The van der Waals surface area contributed by atoms with E-state index in [0.29, 0.717) is 17.1 Å². The molecule has 12 heteroatoms. The summed E-state index contributed by atoms with van der Waals surface area (Å²) in [6, 6.07) is 9.03. The van der Waals surface area contributed by atoms with Gasteiger partial charge in [0.1, 0.15) is 17.9 Å². The van der Waals surface area contributed by atoms with E-state index in [0.717, 1.165) is 0 Å². The van der Waals surface area contributed by atoms with E-state index in [1.54, 1.807) is 62.5 Å². The molecule has 0 spiro atoms. The first-order valence-corrected chi connectivity index (χ1v) is 15.0. The molecule has 3 amide bonds. The smallest absolute Gasteiger partial charge is 0.258 e. The molecule has 0 saturated carbocycles. The Morgan fingerprint density at radius 3 is 2.43 bits per heavy atom. The van der Waals surface area contributed by atoms with Crippen molar-refractivity contribution in [3.05, 3.63) is 60.4 Å². The van der Waals surface area contributed by atoms with Gasteiger partial charge in [0, 0.05) is 23.5 Å². The molecular weight excluding hydrogens is 558 g/mol. The van der Waals surface area contributed by atoms with Gasteiger partial charge in [-0.15, -0.1) is 11.8 Å². The number of carbonyl (C=O) groups excluding carboxylic acids is 4. The lowest BCUT2D eigenvalue weighted by Gasteiger charge is -2.34. The zero-order valence-corrected chi connectivity index (χ0v) is 25.5. The summed E-state index contributed by atoms with van der Waals surface area (Å²) in [4.78, 5) is 58.9. The first-order chi connectivity index (χ1) is 19.8. The second kappa shape index (κ2) is 14.6. The molecule has 2 heterocycles. The monoisotopic (exact) mass is 599 g/mol. The molecule has 5 atom stereocenters. The lowest BCUT2D eigenvalue weighted by atomic mass is 9.80. The molecule has 1 fully saturated rings. The van der Waals surface area contributed by atoms with E-state index in [-0.39, 0.29) is 18.4 Å². The summed E-state index contributed by atoms with van der Waals surface area (Å²) in [5.74, 6) is -3.17. The van der Waals surface area contributed by atoms with Gasteiger partial charge in [-0.1, -0.05) is 44.2 Å². The molecule has 1 aliphatic heterocycles. The van der Waals surface area contributed by atoms with Crippen LogP contribution in [0.3, 0.4) is 0 Å². The number of nitrogens with zero attached hydrogens (tertiary/aromatic N) is 2. The number of aromatic nitrogens is 1. The molecule has 3 rings (SSSR count). The Kier molecular flexibility index (Phi) is 11.5. The SMILES string of the molecule is CC(C)C(NC(=O)COc1cccnc1)C(=O)C(C(O)C(=O)N1CSCC1C(=O)NC(C)(C)C)C(N)c1ccccc1. The maximum atomic E-state index is 14.1. The molecule has 5 unspecified atom stereocenters. The van der Waals surface area contributed by atoms with Crippen molar-refractivity contribution in [3.63, 3.8) is 0 Å². The van der Waals surface area contributed by atoms with Crippen LogP contribution in [-0.2, 0) is 19.2 Å². The standard InChI is InChI=1S/C30H41N5O6S/c1-18(2)25(33-22(36)15-41-20-12-9-13-32-14-20)26(37)23(24(31)19-10-7-6-8-11-19)27(38)29(40)35-17-42-16-21(35)28(39)34-30(3,4)5/h6-14,18,21,23-25,27,38H,15-17,31H2,1-5H3,(H,33,36)(H,34,39). The number of amides is 3. The summed E-state index contributed by atoms with van der Waals surface area (Å²) < 4.78 is 5.47. The quantitative estimate of drug-likeness (QED) is 0.284. The number of pyridine rings is 1. The van der Waals surface area contributed by atoms with Crippen LogP contribution >= 0.6 is 11.8 Å². The minimum Gasteiger partial charge on any atom is -0.482 e. The Morgan fingerprint density at radius 1 is 1.14 bits per heavy atom. The van der Waals surface area contributed by atoms with Crippen LogP contribution in [0.5, 0.6) is 5.75 Å². The van der Waals surface area contributed by atoms with E-state index < -0.39 is 59.2 Å². The van der Waals surface area contributed by atoms with Crippen molar-refractivity contribution in [1.82, 2.24) is 20.5 Å². The lowest BCUT2D eigenvalue weighted by molar-refractivity contribution is -0.152. The van der Waals surface area contributed by atoms with Crippen LogP contribution in [0.25, 0.3) is 0 Å². The van der Waals surface area contributed by atoms with Gasteiger partial charge in [0.05, 0.1) is 24.0 Å². The summed E-state index contributed by atoms with van der Waals surface area (Å²) in [5, 5.41) is 17.1. The number of ether oxygens (including phenoxy) is 1. The zero-order valence-electron chi connectivity index (χ0n) is 24.7. The average Bonchev–Trinajstić information content (AvgIpc) is 3.44. The fraction of sp³-hybridized carbons (Fsp3) is 0.500. The van der Waals surface area contributed by atoms with Crippen molar-refractivity contribution in [2.45, 2.75) is 64.4 Å². The van der Waals surface area contributed by atoms with Crippen LogP contribution in [0.15, 0.2) is 54.9 Å². The highest BCUT2D eigenvalue weighted by Crippen LogP contribution is 2.30. The predicted molar refractivity (Wildman–Crippen MR) is 160 cm³/mol. The van der Waals surface area contributed by atoms with Gasteiger partial charge in [0.2, 0.25) is 5.91 Å². The minimum atomic E-state index is -1.86. The first kappa shape index (κ1) is 33.0. The highest BCUT2D eigenvalue weighted by Gasteiger charge is 2.46. The Hall–Kier alpha value is -3.48. The summed E-state index contributed by atoms with van der Waals surface area (Å²) in [6.07, 6.45) is 1.17. The van der Waals surface area contributed by atoms with Gasteiger partial charge in [-0.3, -0.25) is 24.2 Å². The molecule has 1 aromatic heterocycles. The van der Waals surface area contributed by atoms with Crippen LogP contribution in [-0.4, -0.2) is 80.5 Å². The third-order valence-electron chi connectivity index (χ3n) is 6.75. The number of thioether (sulfide) groups is 1. The Labute approximate surface area is 251 Å². The topological polar surface area (TPSA) is 164 Å². The number of Topliss-reactive ketones (excluding diaryl/α,β-unsaturated/α-hetero) is 1. The van der Waals surface area contributed by atoms with Crippen molar-refractivity contribution in [2.75, 3.05) is 18.2 Å². The minimum absolute atomic E-state index is 0.176. The Morgan fingerprint density at radius 2 is 1.83 bits per heavy atom. The number of nitrogens with two attached hydrogens (primary N) is 1. The van der Waals surface area contributed by atoms with Crippen LogP contribution in [0.2, 0.25) is 0 Å². The third-order valence-corrected chi connectivity index (χ3v) is 7.77. The molecule has 0 bridgehead atoms. The van der Waals surface area contributed by atoms with Gasteiger partial charge in [-0.25, -0.2) is 0 Å². The van der Waals surface area contributed by atoms with Gasteiger partial charge in [0.25, 0.3) is 11.8 Å². The van der Waals surface area contributed by atoms with Gasteiger partial charge in [0.15, 0.2) is 12.4 Å². The molecule has 1 aromatic carbocycles. The van der Waals surface area contributed by atoms with Gasteiger partial charge < -0.3 is 31.1 Å². The summed E-state index contributed by atoms with van der Waals surface area (Å²) in [5.41, 5.74) is 6.60. The molecule has 1 aliphatic rings. The normalized spacial score (nSPS) is 18.1. The second-order valence-electron chi connectivity index (χ2n) is 11.6. The molecule has 11 nitrogen and oxygen atoms in total. The third kappa shape index (κ3) is 8.76. The maximum Gasteiger partial charge on any atom is 0.258 e. The lowest BCUT2D eigenvalue weighted by Crippen LogP contribution is -2.58. The van der Waals surface area contributed by atoms with Gasteiger partial charge >= 0.3 is 0 Å². The number of hydrogen-bond acceptors (Lipinski definition) is 9. The van der Waals surface area contributed by atoms with E-state index in [1.165, 1.54) is 22.9 Å². The van der Waals surface area contributed by atoms with E-state index >= 15 is 0 Å². The first-order valence-electron chi connectivity index (χ1n) is 13.8. The number of hydrogen-bond donors (Lipinski definition) is 4. The number of aliphatic hydroxyl groups excluding tert-OH is 1. The molecule has 0 aliphatic carbocycles. The maximum absolute atomic E-state index is 14.1. The van der Waals surface area contributed by atoms with Gasteiger partial charge in [-0.2, -0.15) is 0 Å². The Bertz CT molecular complexity index is 1220. The molecular formula is C30H41N5O6S. The fourth-order valence-electron chi connectivity index (χ4n) is 4.64. The number of benzene rings is 1. The molecule has 1 saturated heterocycles. The number of aliphatic hydroxyl groups is 1. The summed E-state index contributed by atoms with van der Waals surface area (Å²) in [7, 11) is 0. The van der Waals surface area contributed by atoms with E-state index in [4.69, 9.17) is 10.5 Å². The molecule has 2 aromatic rings. The van der Waals surface area contributed by atoms with Gasteiger partial charge in [-0.05, 0) is 44.4 Å². The number of nitrogens with one attached hydrogen (secondary N) is 2. The second-order valence-corrected chi connectivity index (χ2v) is 12.6. The summed E-state index contributed by atoms with van der Waals surface area (Å²) >= 11 is 1.38. The van der Waals surface area contributed by atoms with E-state index in [9.17, 15) is 24.3 Å². The molecule has 42 heavy (non-hydrogen) atoms. The van der Waals surface area contributed by atoms with Crippen molar-refractivity contribution >= 4 is 35.3 Å². The van der Waals surface area contributed by atoms with E-state index in [1.807, 2.05) is 20.8 Å². The van der Waals surface area contributed by atoms with Crippen molar-refractivity contribution in [1.29, 1.82) is 0 Å². The zero-order chi connectivity index (χ0) is 31.0. The molecule has 228 valence electrons.